The van der Waals surface area contributed by atoms with E-state index in [9.17, 15) is 18.0 Å². The lowest BCUT2D eigenvalue weighted by Gasteiger charge is -2.22. The van der Waals surface area contributed by atoms with E-state index in [1.807, 2.05) is 6.92 Å². The second-order valence-corrected chi connectivity index (χ2v) is 3.61. The van der Waals surface area contributed by atoms with Gasteiger partial charge < -0.3 is 15.2 Å². The Balaban J connectivity index is 0.000000360. The van der Waals surface area contributed by atoms with Gasteiger partial charge in [-0.05, 0) is 19.4 Å². The zero-order valence-corrected chi connectivity index (χ0v) is 9.92. The van der Waals surface area contributed by atoms with Crippen molar-refractivity contribution in [2.45, 2.75) is 38.5 Å². The van der Waals surface area contributed by atoms with Gasteiger partial charge in [-0.3, -0.25) is 4.79 Å². The molecule has 0 radical (unpaired) electrons. The molecule has 0 aromatic heterocycles. The number of halogens is 3. The van der Waals surface area contributed by atoms with Crippen molar-refractivity contribution in [2.24, 2.45) is 0 Å². The summed E-state index contributed by atoms with van der Waals surface area (Å²) in [5, 5.41) is 10.3. The van der Waals surface area contributed by atoms with E-state index >= 15 is 0 Å². The third-order valence-electron chi connectivity index (χ3n) is 2.08. The number of carbonyl (C=O) groups excluding carboxylic acids is 1. The summed E-state index contributed by atoms with van der Waals surface area (Å²) in [5.74, 6) is -2.84. The van der Waals surface area contributed by atoms with Gasteiger partial charge in [-0.15, -0.1) is 0 Å². The number of hydrogen-bond acceptors (Lipinski definition) is 4. The molecule has 0 aliphatic carbocycles. The first-order valence-electron chi connectivity index (χ1n) is 5.47. The second kappa shape index (κ2) is 7.91. The molecule has 1 fully saturated rings. The summed E-state index contributed by atoms with van der Waals surface area (Å²) in [7, 11) is 0. The fourth-order valence-electron chi connectivity index (χ4n) is 1.19. The minimum atomic E-state index is -5.08. The molecule has 1 aliphatic heterocycles. The van der Waals surface area contributed by atoms with Crippen molar-refractivity contribution in [1.82, 2.24) is 5.32 Å². The number of carbonyl (C=O) groups is 2. The smallest absolute Gasteiger partial charge is 0.475 e. The lowest BCUT2D eigenvalue weighted by molar-refractivity contribution is -0.192. The summed E-state index contributed by atoms with van der Waals surface area (Å²) in [5.41, 5.74) is 0. The molecule has 1 atom stereocenters. The van der Waals surface area contributed by atoms with Crippen molar-refractivity contribution in [3.8, 4) is 0 Å². The van der Waals surface area contributed by atoms with Crippen molar-refractivity contribution < 1.29 is 32.6 Å². The molecule has 18 heavy (non-hydrogen) atoms. The van der Waals surface area contributed by atoms with Gasteiger partial charge in [0.15, 0.2) is 0 Å². The van der Waals surface area contributed by atoms with Gasteiger partial charge in [0.05, 0.1) is 0 Å². The Kier molecular flexibility index (Phi) is 7.33. The molecule has 0 aromatic rings. The molecule has 0 saturated carbocycles. The van der Waals surface area contributed by atoms with Crippen molar-refractivity contribution in [1.29, 1.82) is 0 Å². The number of aliphatic carboxylic acids is 1. The van der Waals surface area contributed by atoms with Gasteiger partial charge in [0.2, 0.25) is 0 Å². The molecule has 106 valence electrons. The van der Waals surface area contributed by atoms with E-state index in [-0.39, 0.29) is 12.1 Å². The van der Waals surface area contributed by atoms with E-state index < -0.39 is 12.1 Å². The van der Waals surface area contributed by atoms with Crippen LogP contribution in [-0.2, 0) is 14.3 Å². The summed E-state index contributed by atoms with van der Waals surface area (Å²) in [6, 6.07) is 0. The summed E-state index contributed by atoms with van der Waals surface area (Å²) in [6.07, 6.45) is -2.35. The highest BCUT2D eigenvalue weighted by molar-refractivity contribution is 5.73. The number of carboxylic acid groups (broad SMARTS) is 1. The van der Waals surface area contributed by atoms with Crippen LogP contribution in [0.2, 0.25) is 0 Å². The largest absolute Gasteiger partial charge is 0.490 e. The van der Waals surface area contributed by atoms with Crippen LogP contribution in [-0.4, -0.2) is 42.4 Å². The summed E-state index contributed by atoms with van der Waals surface area (Å²) in [4.78, 5) is 19.7. The van der Waals surface area contributed by atoms with Crippen molar-refractivity contribution in [2.75, 3.05) is 13.1 Å². The van der Waals surface area contributed by atoms with Gasteiger partial charge in [-0.1, -0.05) is 6.92 Å². The zero-order chi connectivity index (χ0) is 14.2. The van der Waals surface area contributed by atoms with Crippen molar-refractivity contribution in [3.05, 3.63) is 0 Å². The average molecular weight is 271 g/mol. The van der Waals surface area contributed by atoms with Crippen LogP contribution in [0.5, 0.6) is 0 Å². The molecule has 0 bridgehead atoms. The first-order chi connectivity index (χ1) is 8.27. The fraction of sp³-hybridized carbons (Fsp3) is 0.800. The molecule has 0 amide bonds. The Morgan fingerprint density at radius 1 is 1.44 bits per heavy atom. The molecule has 0 aromatic carbocycles. The standard InChI is InChI=1S/C8H15NO2.C2HF3O2/c1-2-8(10)11-7-4-3-5-9-6-7;3-2(4,5)1(6)7/h7,9H,2-6H2,1H3;(H,6,7). The number of esters is 1. The molecule has 1 rings (SSSR count). The second-order valence-electron chi connectivity index (χ2n) is 3.61. The number of carboxylic acids is 1. The Hall–Kier alpha value is -1.31. The van der Waals surface area contributed by atoms with E-state index in [4.69, 9.17) is 14.6 Å². The first-order valence-corrected chi connectivity index (χ1v) is 5.47. The fourth-order valence-corrected chi connectivity index (χ4v) is 1.19. The number of alkyl halides is 3. The molecular weight excluding hydrogens is 255 g/mol. The van der Waals surface area contributed by atoms with Crippen LogP contribution in [0.25, 0.3) is 0 Å². The number of nitrogens with one attached hydrogen (secondary N) is 1. The maximum Gasteiger partial charge on any atom is 0.490 e. The van der Waals surface area contributed by atoms with E-state index in [0.29, 0.717) is 6.42 Å². The summed E-state index contributed by atoms with van der Waals surface area (Å²) in [6.45, 7) is 3.70. The molecular formula is C10H16F3NO4. The lowest BCUT2D eigenvalue weighted by Crippen LogP contribution is -2.36. The molecule has 1 aliphatic rings. The van der Waals surface area contributed by atoms with Gasteiger partial charge >= 0.3 is 18.1 Å². The van der Waals surface area contributed by atoms with Crippen LogP contribution < -0.4 is 5.32 Å². The topological polar surface area (TPSA) is 75.6 Å². The number of ether oxygens (including phenoxy) is 1. The molecule has 1 unspecified atom stereocenters. The van der Waals surface area contributed by atoms with Gasteiger partial charge in [0, 0.05) is 13.0 Å². The minimum Gasteiger partial charge on any atom is -0.475 e. The Morgan fingerprint density at radius 3 is 2.33 bits per heavy atom. The predicted octanol–water partition coefficient (Wildman–Crippen LogP) is 1.32. The average Bonchev–Trinajstić information content (AvgIpc) is 2.29. The summed E-state index contributed by atoms with van der Waals surface area (Å²) < 4.78 is 36.9. The van der Waals surface area contributed by atoms with Gasteiger partial charge in [0.25, 0.3) is 0 Å². The Labute approximate surface area is 102 Å². The highest BCUT2D eigenvalue weighted by Gasteiger charge is 2.38. The van der Waals surface area contributed by atoms with Crippen LogP contribution in [0.1, 0.15) is 26.2 Å². The number of piperidine rings is 1. The van der Waals surface area contributed by atoms with Crippen LogP contribution in [0.4, 0.5) is 13.2 Å². The molecule has 1 heterocycles. The molecule has 8 heteroatoms. The lowest BCUT2D eigenvalue weighted by atomic mass is 10.1. The maximum absolute atomic E-state index is 10.8. The zero-order valence-electron chi connectivity index (χ0n) is 9.92. The Bertz CT molecular complexity index is 275. The molecule has 5 nitrogen and oxygen atoms in total. The van der Waals surface area contributed by atoms with Crippen LogP contribution in [0, 0.1) is 0 Å². The first kappa shape index (κ1) is 16.7. The third kappa shape index (κ3) is 7.88. The van der Waals surface area contributed by atoms with E-state index in [2.05, 4.69) is 5.32 Å². The normalized spacial score (nSPS) is 19.4. The quantitative estimate of drug-likeness (QED) is 0.741. The maximum atomic E-state index is 10.8. The van der Waals surface area contributed by atoms with Crippen LogP contribution >= 0.6 is 0 Å². The number of rotatable bonds is 2. The van der Waals surface area contributed by atoms with Crippen LogP contribution in [0.3, 0.4) is 0 Å². The van der Waals surface area contributed by atoms with E-state index in [1.54, 1.807) is 0 Å². The number of hydrogen-bond donors (Lipinski definition) is 2. The van der Waals surface area contributed by atoms with Gasteiger partial charge in [-0.2, -0.15) is 13.2 Å². The molecule has 0 spiro atoms. The van der Waals surface area contributed by atoms with Gasteiger partial charge in [0.1, 0.15) is 6.10 Å². The van der Waals surface area contributed by atoms with E-state index in [0.717, 1.165) is 25.9 Å². The molecule has 1 saturated heterocycles. The van der Waals surface area contributed by atoms with Crippen molar-refractivity contribution >= 4 is 11.9 Å². The highest BCUT2D eigenvalue weighted by Crippen LogP contribution is 2.13. The minimum absolute atomic E-state index is 0.0845. The summed E-state index contributed by atoms with van der Waals surface area (Å²) >= 11 is 0. The predicted molar refractivity (Wildman–Crippen MR) is 56.0 cm³/mol. The highest BCUT2D eigenvalue weighted by atomic mass is 19.4. The van der Waals surface area contributed by atoms with E-state index in [1.165, 1.54) is 0 Å². The third-order valence-corrected chi connectivity index (χ3v) is 2.08. The van der Waals surface area contributed by atoms with Crippen molar-refractivity contribution in [3.63, 3.8) is 0 Å². The Morgan fingerprint density at radius 2 is 2.00 bits per heavy atom. The SMILES string of the molecule is CCC(=O)OC1CCCNC1.O=C(O)C(F)(F)F. The van der Waals surface area contributed by atoms with Crippen LogP contribution in [0.15, 0.2) is 0 Å². The monoisotopic (exact) mass is 271 g/mol. The van der Waals surface area contributed by atoms with Gasteiger partial charge in [-0.25, -0.2) is 4.79 Å². The molecule has 2 N–H and O–H groups in total.